The van der Waals surface area contributed by atoms with E-state index >= 15 is 0 Å². The fraction of sp³-hybridized carbons (Fsp3) is 0.579. The molecule has 0 bridgehead atoms. The highest BCUT2D eigenvalue weighted by atomic mass is 16.5. The number of amides is 1. The van der Waals surface area contributed by atoms with Crippen LogP contribution in [-0.4, -0.2) is 36.3 Å². The summed E-state index contributed by atoms with van der Waals surface area (Å²) in [5.74, 6) is 0.000101. The third-order valence-electron chi connectivity index (χ3n) is 4.46. The van der Waals surface area contributed by atoms with Crippen molar-refractivity contribution in [2.45, 2.75) is 53.1 Å². The van der Waals surface area contributed by atoms with Crippen molar-refractivity contribution in [1.29, 1.82) is 0 Å². The van der Waals surface area contributed by atoms with Gasteiger partial charge in [-0.15, -0.1) is 0 Å². The molecule has 1 aromatic carbocycles. The topological polar surface area (TPSA) is 41.9 Å². The smallest absolute Gasteiger partial charge is 0.271 e. The number of ether oxygens (including phenoxy) is 1. The number of hydrogen-bond acceptors (Lipinski definition) is 3. The second-order valence-electron chi connectivity index (χ2n) is 6.21. The van der Waals surface area contributed by atoms with Crippen molar-refractivity contribution in [3.05, 3.63) is 34.9 Å². The molecule has 0 spiro atoms. The molecule has 1 heterocycles. The summed E-state index contributed by atoms with van der Waals surface area (Å²) in [5, 5.41) is 0. The Balaban J connectivity index is 2.51. The van der Waals surface area contributed by atoms with Gasteiger partial charge in [-0.25, -0.2) is 0 Å². The summed E-state index contributed by atoms with van der Waals surface area (Å²) in [7, 11) is 0. The first kappa shape index (κ1) is 17.7. The van der Waals surface area contributed by atoms with Crippen LogP contribution in [0, 0.1) is 13.8 Å². The molecule has 0 saturated carbocycles. The van der Waals surface area contributed by atoms with Crippen LogP contribution in [0.2, 0.25) is 0 Å². The second kappa shape index (κ2) is 7.26. The molecule has 126 valence electrons. The normalized spacial score (nSPS) is 20.5. The lowest BCUT2D eigenvalue weighted by atomic mass is 9.82. The van der Waals surface area contributed by atoms with E-state index in [1.807, 2.05) is 18.7 Å². The van der Waals surface area contributed by atoms with Gasteiger partial charge in [-0.3, -0.25) is 9.79 Å². The average Bonchev–Trinajstić information content (AvgIpc) is 2.92. The Bertz CT molecular complexity index is 585. The Morgan fingerprint density at radius 1 is 1.17 bits per heavy atom. The standard InChI is InChI=1S/C19H28N2O2/c1-6-9-19(16-11-14(4)10-15(5)12-16)17(20-13-23-19)18(22)21(7-2)8-3/h10-12H,6-9,13H2,1-5H3. The maximum absolute atomic E-state index is 13.0. The van der Waals surface area contributed by atoms with Crippen LogP contribution in [-0.2, 0) is 15.1 Å². The first-order chi connectivity index (χ1) is 11.0. The number of aryl methyl sites for hydroxylation is 2. The lowest BCUT2D eigenvalue weighted by Gasteiger charge is -2.32. The van der Waals surface area contributed by atoms with Crippen molar-refractivity contribution in [3.63, 3.8) is 0 Å². The summed E-state index contributed by atoms with van der Waals surface area (Å²) in [6, 6.07) is 6.39. The van der Waals surface area contributed by atoms with Gasteiger partial charge in [0.25, 0.3) is 5.91 Å². The van der Waals surface area contributed by atoms with Gasteiger partial charge in [0.1, 0.15) is 18.0 Å². The molecule has 0 aliphatic carbocycles. The van der Waals surface area contributed by atoms with Crippen molar-refractivity contribution in [3.8, 4) is 0 Å². The molecule has 2 rings (SSSR count). The second-order valence-corrected chi connectivity index (χ2v) is 6.21. The Labute approximate surface area is 139 Å². The zero-order valence-electron chi connectivity index (χ0n) is 15.0. The summed E-state index contributed by atoms with van der Waals surface area (Å²) >= 11 is 0. The van der Waals surface area contributed by atoms with E-state index in [1.54, 1.807) is 0 Å². The van der Waals surface area contributed by atoms with Crippen molar-refractivity contribution in [2.24, 2.45) is 4.99 Å². The van der Waals surface area contributed by atoms with Crippen LogP contribution in [0.1, 0.15) is 50.3 Å². The van der Waals surface area contributed by atoms with Crippen LogP contribution in [0.15, 0.2) is 23.2 Å². The number of aliphatic imine (C=N–C) groups is 1. The minimum Gasteiger partial charge on any atom is -0.342 e. The van der Waals surface area contributed by atoms with E-state index in [0.717, 1.165) is 18.4 Å². The Morgan fingerprint density at radius 2 is 1.78 bits per heavy atom. The van der Waals surface area contributed by atoms with Crippen molar-refractivity contribution in [2.75, 3.05) is 19.8 Å². The van der Waals surface area contributed by atoms with Crippen LogP contribution in [0.4, 0.5) is 0 Å². The average molecular weight is 316 g/mol. The predicted octanol–water partition coefficient (Wildman–Crippen LogP) is 3.60. The molecule has 1 aliphatic heterocycles. The third-order valence-corrected chi connectivity index (χ3v) is 4.46. The first-order valence-electron chi connectivity index (χ1n) is 8.55. The van der Waals surface area contributed by atoms with E-state index in [4.69, 9.17) is 4.74 Å². The molecule has 0 saturated heterocycles. The molecule has 0 radical (unpaired) electrons. The zero-order chi connectivity index (χ0) is 17.0. The van der Waals surface area contributed by atoms with Gasteiger partial charge >= 0.3 is 0 Å². The molecule has 0 aromatic heterocycles. The third kappa shape index (κ3) is 3.32. The quantitative estimate of drug-likeness (QED) is 0.805. The van der Waals surface area contributed by atoms with Gasteiger partial charge in [0.05, 0.1) is 0 Å². The maximum atomic E-state index is 13.0. The SMILES string of the molecule is CCCC1(c2cc(C)cc(C)c2)OCN=C1C(=O)N(CC)CC. The van der Waals surface area contributed by atoms with Crippen LogP contribution < -0.4 is 0 Å². The summed E-state index contributed by atoms with van der Waals surface area (Å²) < 4.78 is 6.10. The van der Waals surface area contributed by atoms with E-state index in [1.165, 1.54) is 11.1 Å². The fourth-order valence-corrected chi connectivity index (χ4v) is 3.42. The number of nitrogens with zero attached hydrogens (tertiary/aromatic N) is 2. The minimum absolute atomic E-state index is 0.000101. The molecule has 0 fully saturated rings. The monoisotopic (exact) mass is 316 g/mol. The van der Waals surface area contributed by atoms with E-state index in [0.29, 0.717) is 18.8 Å². The predicted molar refractivity (Wildman–Crippen MR) is 93.8 cm³/mol. The number of rotatable bonds is 6. The lowest BCUT2D eigenvalue weighted by Crippen LogP contribution is -2.46. The summed E-state index contributed by atoms with van der Waals surface area (Å²) in [6.45, 7) is 11.9. The highest BCUT2D eigenvalue weighted by molar-refractivity contribution is 6.42. The zero-order valence-corrected chi connectivity index (χ0v) is 15.0. The summed E-state index contributed by atoms with van der Waals surface area (Å²) in [6.07, 6.45) is 1.69. The van der Waals surface area contributed by atoms with Crippen LogP contribution in [0.5, 0.6) is 0 Å². The first-order valence-corrected chi connectivity index (χ1v) is 8.55. The molecule has 1 aromatic rings. The van der Waals surface area contributed by atoms with Gasteiger partial charge in [-0.05, 0) is 39.7 Å². The van der Waals surface area contributed by atoms with Gasteiger partial charge in [0.2, 0.25) is 0 Å². The van der Waals surface area contributed by atoms with Crippen molar-refractivity contribution < 1.29 is 9.53 Å². The van der Waals surface area contributed by atoms with Gasteiger partial charge in [0.15, 0.2) is 0 Å². The van der Waals surface area contributed by atoms with E-state index in [9.17, 15) is 4.79 Å². The largest absolute Gasteiger partial charge is 0.342 e. The van der Waals surface area contributed by atoms with E-state index in [-0.39, 0.29) is 12.6 Å². The Morgan fingerprint density at radius 3 is 2.30 bits per heavy atom. The molecule has 1 aliphatic rings. The molecule has 23 heavy (non-hydrogen) atoms. The van der Waals surface area contributed by atoms with Gasteiger partial charge in [0, 0.05) is 13.1 Å². The molecular weight excluding hydrogens is 288 g/mol. The lowest BCUT2D eigenvalue weighted by molar-refractivity contribution is -0.124. The number of benzene rings is 1. The van der Waals surface area contributed by atoms with Crippen LogP contribution in [0.25, 0.3) is 0 Å². The molecule has 4 heteroatoms. The maximum Gasteiger partial charge on any atom is 0.271 e. The van der Waals surface area contributed by atoms with Gasteiger partial charge in [-0.2, -0.15) is 0 Å². The van der Waals surface area contributed by atoms with E-state index in [2.05, 4.69) is 44.0 Å². The summed E-state index contributed by atoms with van der Waals surface area (Å²) in [5.41, 5.74) is 3.27. The highest BCUT2D eigenvalue weighted by Crippen LogP contribution is 2.38. The molecule has 1 unspecified atom stereocenters. The minimum atomic E-state index is -0.703. The summed E-state index contributed by atoms with van der Waals surface area (Å²) in [4.78, 5) is 19.2. The Hall–Kier alpha value is -1.68. The number of carbonyl (C=O) groups excluding carboxylic acids is 1. The van der Waals surface area contributed by atoms with Gasteiger partial charge in [-0.1, -0.05) is 42.7 Å². The highest BCUT2D eigenvalue weighted by Gasteiger charge is 2.46. The van der Waals surface area contributed by atoms with Crippen LogP contribution >= 0.6 is 0 Å². The molecule has 0 N–H and O–H groups in total. The van der Waals surface area contributed by atoms with Crippen LogP contribution in [0.3, 0.4) is 0 Å². The molecule has 4 nitrogen and oxygen atoms in total. The number of carbonyl (C=O) groups is 1. The Kier molecular flexibility index (Phi) is 5.58. The molecular formula is C19H28N2O2. The molecule has 1 amide bonds. The van der Waals surface area contributed by atoms with E-state index < -0.39 is 5.60 Å². The van der Waals surface area contributed by atoms with Gasteiger partial charge < -0.3 is 9.64 Å². The number of hydrogen-bond donors (Lipinski definition) is 0. The molecule has 1 atom stereocenters. The fourth-order valence-electron chi connectivity index (χ4n) is 3.42. The van der Waals surface area contributed by atoms with Crippen molar-refractivity contribution >= 4 is 11.6 Å². The van der Waals surface area contributed by atoms with Crippen molar-refractivity contribution in [1.82, 2.24) is 4.90 Å².